The maximum Gasteiger partial charge on any atom is 0.0594 e. The molecule has 1 N–H and O–H groups in total. The van der Waals surface area contributed by atoms with Gasteiger partial charge in [0.1, 0.15) is 0 Å². The molecule has 29 heavy (non-hydrogen) atoms. The van der Waals surface area contributed by atoms with Gasteiger partial charge in [-0.1, -0.05) is 53.2 Å². The zero-order valence-electron chi connectivity index (χ0n) is 21.9. The van der Waals surface area contributed by atoms with Gasteiger partial charge in [-0.15, -0.1) is 0 Å². The molecule has 0 heterocycles. The first-order valence-electron chi connectivity index (χ1n) is 13.7. The third-order valence-electron chi connectivity index (χ3n) is 12.1. The summed E-state index contributed by atoms with van der Waals surface area (Å²) in [6.45, 7) is 14.9. The lowest BCUT2D eigenvalue weighted by atomic mass is 9.33. The minimum absolute atomic E-state index is 0.00983. The van der Waals surface area contributed by atoms with Crippen LogP contribution in [0.15, 0.2) is 11.6 Å². The molecule has 4 fully saturated rings. The molecule has 0 aromatic heterocycles. The molecule has 0 aliphatic heterocycles. The van der Waals surface area contributed by atoms with E-state index in [1.165, 1.54) is 50.5 Å². The van der Waals surface area contributed by atoms with E-state index < -0.39 is 0 Å². The highest BCUT2D eigenvalue weighted by Gasteiger charge is 2.68. The Labute approximate surface area is 182 Å². The van der Waals surface area contributed by atoms with Gasteiger partial charge in [0.2, 0.25) is 0 Å². The fraction of sp³-hybridized carbons (Fsp3) is 0.929. The summed E-state index contributed by atoms with van der Waals surface area (Å²) in [5.74, 6) is 1.81. The van der Waals surface area contributed by atoms with E-state index in [9.17, 15) is 5.11 Å². The van der Waals surface area contributed by atoms with E-state index in [0.29, 0.717) is 34.6 Å². The lowest BCUT2D eigenvalue weighted by Gasteiger charge is -2.72. The molecule has 0 aromatic rings. The fourth-order valence-corrected chi connectivity index (χ4v) is 10.0. The van der Waals surface area contributed by atoms with Gasteiger partial charge in [0.25, 0.3) is 0 Å². The highest BCUT2D eigenvalue weighted by molar-refractivity contribution is 5.29. The van der Waals surface area contributed by atoms with Gasteiger partial charge in [-0.25, -0.2) is 0 Å². The average molecular weight is 401 g/mol. The summed E-state index contributed by atoms with van der Waals surface area (Å²) < 4.78 is 17.5. The van der Waals surface area contributed by atoms with Crippen LogP contribution in [0.3, 0.4) is 0 Å². The zero-order valence-corrected chi connectivity index (χ0v) is 19.9. The predicted molar refractivity (Wildman–Crippen MR) is 122 cm³/mol. The minimum atomic E-state index is -0.301. The molecule has 0 bridgehead atoms. The van der Waals surface area contributed by atoms with Gasteiger partial charge in [0.05, 0.1) is 7.47 Å². The van der Waals surface area contributed by atoms with Crippen molar-refractivity contribution in [3.63, 3.8) is 0 Å². The normalized spacial score (nSPS) is 60.2. The van der Waals surface area contributed by atoms with E-state index in [4.69, 9.17) is 2.74 Å². The van der Waals surface area contributed by atoms with Gasteiger partial charge in [-0.2, -0.15) is 0 Å². The Kier molecular flexibility index (Phi) is 3.87. The first-order chi connectivity index (χ1) is 14.3. The number of hydrogen-bond acceptors (Lipinski definition) is 1. The van der Waals surface area contributed by atoms with E-state index in [2.05, 4.69) is 41.5 Å². The van der Waals surface area contributed by atoms with Crippen molar-refractivity contribution < 1.29 is 7.85 Å². The Morgan fingerprint density at radius 2 is 1.62 bits per heavy atom. The quantitative estimate of drug-likeness (QED) is 0.416. The second-order valence-electron chi connectivity index (χ2n) is 13.4. The highest BCUT2D eigenvalue weighted by atomic mass is 16.3. The fourth-order valence-electron chi connectivity index (χ4n) is 10.0. The molecule has 0 amide bonds. The SMILES string of the molecule is [2H]C1=C2[C@H]3CC[C@@H]4[C@@]5(C)CC[C@H](O)C(C)(C)[C@@H]5CC[C@@]4(C)[C@]3(C)CC[C@@]2(C)CCC1[2H]. The van der Waals surface area contributed by atoms with Crippen molar-refractivity contribution in [1.29, 1.82) is 0 Å². The Bertz CT molecular complexity index is 803. The number of fused-ring (bicyclic) bond motifs is 7. The summed E-state index contributed by atoms with van der Waals surface area (Å²) in [6.07, 6.45) is 11.1. The third kappa shape index (κ3) is 2.43. The molecule has 0 spiro atoms. The molecule has 9 atom stereocenters. The molecule has 5 aliphatic rings. The predicted octanol–water partition coefficient (Wildman–Crippen LogP) is 7.53. The van der Waals surface area contributed by atoms with Crippen LogP contribution >= 0.6 is 0 Å². The molecule has 1 heteroatoms. The van der Waals surface area contributed by atoms with Crippen molar-refractivity contribution >= 4 is 0 Å². The Hall–Kier alpha value is -0.300. The van der Waals surface area contributed by atoms with Gasteiger partial charge in [-0.05, 0) is 115 Å². The van der Waals surface area contributed by atoms with Crippen LogP contribution in [-0.2, 0) is 0 Å². The molecule has 1 unspecified atom stereocenters. The van der Waals surface area contributed by atoms with Gasteiger partial charge in [0, 0.05) is 1.37 Å². The second-order valence-corrected chi connectivity index (χ2v) is 13.4. The van der Waals surface area contributed by atoms with E-state index in [0.717, 1.165) is 19.3 Å². The molecular formula is C28H46O. The number of allylic oxidation sites excluding steroid dienone is 2. The van der Waals surface area contributed by atoms with Crippen molar-refractivity contribution in [2.45, 2.75) is 118 Å². The van der Waals surface area contributed by atoms with Crippen LogP contribution in [0.5, 0.6) is 0 Å². The molecule has 0 aromatic carbocycles. The average Bonchev–Trinajstić information content (AvgIpc) is 2.69. The second kappa shape index (κ2) is 6.14. The van der Waals surface area contributed by atoms with E-state index >= 15 is 0 Å². The molecule has 4 saturated carbocycles. The van der Waals surface area contributed by atoms with Crippen LogP contribution in [0, 0.1) is 44.8 Å². The lowest BCUT2D eigenvalue weighted by molar-refractivity contribution is -0.228. The van der Waals surface area contributed by atoms with Crippen molar-refractivity contribution in [3.8, 4) is 0 Å². The summed E-state index contributed by atoms with van der Waals surface area (Å²) in [4.78, 5) is 0. The Morgan fingerprint density at radius 3 is 2.38 bits per heavy atom. The van der Waals surface area contributed by atoms with Gasteiger partial charge >= 0.3 is 0 Å². The summed E-state index contributed by atoms with van der Waals surface area (Å²) in [7, 11) is 0. The van der Waals surface area contributed by atoms with E-state index in [1.54, 1.807) is 0 Å². The lowest BCUT2D eigenvalue weighted by Crippen LogP contribution is -2.65. The van der Waals surface area contributed by atoms with E-state index in [-0.39, 0.29) is 28.7 Å². The van der Waals surface area contributed by atoms with Crippen molar-refractivity contribution in [1.82, 2.24) is 0 Å². The Morgan fingerprint density at radius 1 is 0.862 bits per heavy atom. The molecule has 0 saturated heterocycles. The summed E-state index contributed by atoms with van der Waals surface area (Å²) >= 11 is 0. The smallest absolute Gasteiger partial charge is 0.0594 e. The molecular weight excluding hydrogens is 352 g/mol. The van der Waals surface area contributed by atoms with Crippen LogP contribution in [-0.4, -0.2) is 11.2 Å². The standard InChI is InChI=1S/C28H46O/c1-24(2)21-12-16-28(6)22(26(21,4)15-13-23(24)29)11-10-20-19-9-7-8-14-25(19,3)17-18-27(20,28)5/h9,20-23,29H,7-8,10-18H2,1-6H3/t20-,21+,22-,23+,25-,26+,27-,28-/m1/s1/i7D,9D/t7?,20-,21+,22-,23+,25-,26+,27-,28-. The maximum absolute atomic E-state index is 10.9. The largest absolute Gasteiger partial charge is 0.393 e. The van der Waals surface area contributed by atoms with Gasteiger partial charge in [-0.3, -0.25) is 0 Å². The summed E-state index contributed by atoms with van der Waals surface area (Å²) in [6, 6.07) is 0.688. The summed E-state index contributed by atoms with van der Waals surface area (Å²) in [5.41, 5.74) is 2.42. The number of aliphatic hydroxyl groups excluding tert-OH is 1. The van der Waals surface area contributed by atoms with Crippen molar-refractivity contribution in [3.05, 3.63) is 11.6 Å². The third-order valence-corrected chi connectivity index (χ3v) is 12.1. The number of aliphatic hydroxyl groups is 1. The van der Waals surface area contributed by atoms with Gasteiger partial charge < -0.3 is 5.11 Å². The first kappa shape index (κ1) is 18.3. The molecule has 5 rings (SSSR count). The van der Waals surface area contributed by atoms with Crippen LogP contribution in [0.4, 0.5) is 0 Å². The monoisotopic (exact) mass is 400 g/mol. The zero-order chi connectivity index (χ0) is 22.6. The van der Waals surface area contributed by atoms with Gasteiger partial charge in [0.15, 0.2) is 0 Å². The maximum atomic E-state index is 10.9. The molecule has 164 valence electrons. The van der Waals surface area contributed by atoms with Crippen LogP contribution in [0.2, 0.25) is 0 Å². The number of hydrogen-bond donors (Lipinski definition) is 1. The van der Waals surface area contributed by atoms with Crippen LogP contribution < -0.4 is 0 Å². The van der Waals surface area contributed by atoms with Crippen LogP contribution in [0.25, 0.3) is 0 Å². The first-order valence-corrected chi connectivity index (χ1v) is 12.6. The Balaban J connectivity index is 1.58. The van der Waals surface area contributed by atoms with Crippen molar-refractivity contribution in [2.75, 3.05) is 0 Å². The molecule has 5 aliphatic carbocycles. The minimum Gasteiger partial charge on any atom is -0.393 e. The van der Waals surface area contributed by atoms with Crippen LogP contribution in [0.1, 0.15) is 115 Å². The summed E-state index contributed by atoms with van der Waals surface area (Å²) in [5, 5.41) is 10.9. The van der Waals surface area contributed by atoms with E-state index in [1.807, 2.05) is 0 Å². The van der Waals surface area contributed by atoms with Crippen molar-refractivity contribution in [2.24, 2.45) is 44.8 Å². The number of rotatable bonds is 0. The topological polar surface area (TPSA) is 20.2 Å². The molecule has 1 nitrogen and oxygen atoms in total. The molecule has 0 radical (unpaired) electrons. The highest BCUT2D eigenvalue weighted by Crippen LogP contribution is 2.75.